The molecule has 3 rings (SSSR count). The first-order valence-electron chi connectivity index (χ1n) is 6.90. The molecule has 3 aromatic rings. The minimum Gasteiger partial charge on any atom is -0.387 e. The van der Waals surface area contributed by atoms with Gasteiger partial charge in [0.25, 0.3) is 0 Å². The summed E-state index contributed by atoms with van der Waals surface area (Å²) in [5.74, 6) is 0.764. The summed E-state index contributed by atoms with van der Waals surface area (Å²) >= 11 is 2.83. The molecular weight excluding hydrogens is 336 g/mol. The molecule has 1 amide bonds. The maximum atomic E-state index is 11.9. The summed E-state index contributed by atoms with van der Waals surface area (Å²) < 4.78 is 5.14. The topological polar surface area (TPSA) is 101 Å². The molecule has 0 saturated carbocycles. The highest BCUT2D eigenvalue weighted by Gasteiger charge is 2.13. The van der Waals surface area contributed by atoms with E-state index < -0.39 is 6.10 Å². The fourth-order valence-electron chi connectivity index (χ4n) is 1.80. The number of aliphatic hydroxyl groups excluding tert-OH is 1. The lowest BCUT2D eigenvalue weighted by Gasteiger charge is -2.00. The van der Waals surface area contributed by atoms with Gasteiger partial charge in [-0.05, 0) is 18.4 Å². The van der Waals surface area contributed by atoms with E-state index in [2.05, 4.69) is 20.4 Å². The SMILES string of the molecule is CC(O)c1csc(NC(=O)CCc2nc(-c3ccsc3)no2)n1. The molecule has 3 aromatic heterocycles. The number of nitrogens with zero attached hydrogens (tertiary/aromatic N) is 3. The zero-order chi connectivity index (χ0) is 16.2. The summed E-state index contributed by atoms with van der Waals surface area (Å²) in [6, 6.07) is 1.91. The molecule has 7 nitrogen and oxygen atoms in total. The highest BCUT2D eigenvalue weighted by atomic mass is 32.1. The molecule has 0 bridgehead atoms. The van der Waals surface area contributed by atoms with Crippen LogP contribution in [0.4, 0.5) is 5.13 Å². The number of carbonyl (C=O) groups is 1. The van der Waals surface area contributed by atoms with Crippen molar-refractivity contribution in [3.63, 3.8) is 0 Å². The molecule has 0 saturated heterocycles. The number of carbonyl (C=O) groups excluding carboxylic acids is 1. The van der Waals surface area contributed by atoms with Crippen LogP contribution in [0.15, 0.2) is 26.7 Å². The number of amides is 1. The normalized spacial score (nSPS) is 12.3. The number of aliphatic hydroxyl groups is 1. The Labute approximate surface area is 140 Å². The van der Waals surface area contributed by atoms with Gasteiger partial charge in [0, 0.05) is 29.2 Å². The first-order valence-corrected chi connectivity index (χ1v) is 8.72. The zero-order valence-corrected chi connectivity index (χ0v) is 13.9. The fourth-order valence-corrected chi connectivity index (χ4v) is 3.25. The number of aryl methyl sites for hydroxylation is 1. The Morgan fingerprint density at radius 2 is 2.30 bits per heavy atom. The average molecular weight is 350 g/mol. The van der Waals surface area contributed by atoms with Crippen LogP contribution in [0, 0.1) is 0 Å². The van der Waals surface area contributed by atoms with E-state index in [4.69, 9.17) is 4.52 Å². The number of aromatic nitrogens is 3. The van der Waals surface area contributed by atoms with Crippen molar-refractivity contribution in [1.82, 2.24) is 15.1 Å². The van der Waals surface area contributed by atoms with Crippen LogP contribution in [0.5, 0.6) is 0 Å². The van der Waals surface area contributed by atoms with Crippen LogP contribution in [0.25, 0.3) is 11.4 Å². The minimum absolute atomic E-state index is 0.188. The number of anilines is 1. The monoisotopic (exact) mass is 350 g/mol. The van der Waals surface area contributed by atoms with Gasteiger partial charge in [0.2, 0.25) is 17.6 Å². The second kappa shape index (κ2) is 6.99. The third-order valence-electron chi connectivity index (χ3n) is 3.01. The van der Waals surface area contributed by atoms with E-state index in [0.717, 1.165) is 5.56 Å². The number of hydrogen-bond acceptors (Lipinski definition) is 8. The molecule has 0 aliphatic heterocycles. The maximum absolute atomic E-state index is 11.9. The van der Waals surface area contributed by atoms with E-state index in [1.54, 1.807) is 23.6 Å². The summed E-state index contributed by atoms with van der Waals surface area (Å²) in [6.07, 6.45) is -0.0715. The standard InChI is InChI=1S/C14H14N4O3S2/c1-8(19)10-7-23-14(15-10)16-11(20)2-3-12-17-13(18-21-12)9-4-5-22-6-9/h4-8,19H,2-3H2,1H3,(H,15,16,20). The molecule has 23 heavy (non-hydrogen) atoms. The summed E-state index contributed by atoms with van der Waals surface area (Å²) in [5.41, 5.74) is 1.45. The van der Waals surface area contributed by atoms with E-state index in [0.29, 0.717) is 29.0 Å². The van der Waals surface area contributed by atoms with Crippen LogP contribution < -0.4 is 5.32 Å². The Morgan fingerprint density at radius 1 is 1.43 bits per heavy atom. The van der Waals surface area contributed by atoms with Gasteiger partial charge in [-0.15, -0.1) is 11.3 Å². The molecule has 9 heteroatoms. The minimum atomic E-state index is -0.647. The predicted octanol–water partition coefficient (Wildman–Crippen LogP) is 2.88. The van der Waals surface area contributed by atoms with Crippen LogP contribution >= 0.6 is 22.7 Å². The lowest BCUT2D eigenvalue weighted by molar-refractivity contribution is -0.116. The third-order valence-corrected chi connectivity index (χ3v) is 4.47. The fraction of sp³-hybridized carbons (Fsp3) is 0.286. The molecule has 0 aliphatic rings. The molecule has 0 aromatic carbocycles. The second-order valence-electron chi connectivity index (χ2n) is 4.83. The van der Waals surface area contributed by atoms with Gasteiger partial charge in [0.05, 0.1) is 11.8 Å². The second-order valence-corrected chi connectivity index (χ2v) is 6.46. The zero-order valence-electron chi connectivity index (χ0n) is 12.2. The molecule has 3 heterocycles. The van der Waals surface area contributed by atoms with Gasteiger partial charge in [-0.3, -0.25) is 4.79 Å². The maximum Gasteiger partial charge on any atom is 0.227 e. The molecule has 1 atom stereocenters. The van der Waals surface area contributed by atoms with Crippen LogP contribution in [-0.2, 0) is 11.2 Å². The van der Waals surface area contributed by atoms with Crippen molar-refractivity contribution in [2.24, 2.45) is 0 Å². The Bertz CT molecular complexity index is 780. The number of hydrogen-bond donors (Lipinski definition) is 2. The number of thiophene rings is 1. The van der Waals surface area contributed by atoms with Crippen molar-refractivity contribution in [1.29, 1.82) is 0 Å². The highest BCUT2D eigenvalue weighted by molar-refractivity contribution is 7.13. The summed E-state index contributed by atoms with van der Waals surface area (Å²) in [6.45, 7) is 1.63. The van der Waals surface area contributed by atoms with Crippen LogP contribution in [0.3, 0.4) is 0 Å². The lowest BCUT2D eigenvalue weighted by atomic mass is 10.3. The Kier molecular flexibility index (Phi) is 4.79. The van der Waals surface area contributed by atoms with Crippen molar-refractivity contribution in [2.45, 2.75) is 25.9 Å². The van der Waals surface area contributed by atoms with Crippen molar-refractivity contribution in [3.05, 3.63) is 33.8 Å². The summed E-state index contributed by atoms with van der Waals surface area (Å²) in [7, 11) is 0. The molecule has 0 radical (unpaired) electrons. The molecule has 1 unspecified atom stereocenters. The Balaban J connectivity index is 1.52. The van der Waals surface area contributed by atoms with E-state index in [9.17, 15) is 9.90 Å². The van der Waals surface area contributed by atoms with Crippen LogP contribution in [0.1, 0.15) is 31.0 Å². The van der Waals surface area contributed by atoms with Crippen molar-refractivity contribution >= 4 is 33.7 Å². The van der Waals surface area contributed by atoms with Gasteiger partial charge in [0.1, 0.15) is 0 Å². The summed E-state index contributed by atoms with van der Waals surface area (Å²) in [5, 5.41) is 22.0. The van der Waals surface area contributed by atoms with Crippen LogP contribution in [0.2, 0.25) is 0 Å². The number of thiazole rings is 1. The summed E-state index contributed by atoms with van der Waals surface area (Å²) in [4.78, 5) is 20.3. The van der Waals surface area contributed by atoms with Gasteiger partial charge in [-0.2, -0.15) is 16.3 Å². The third kappa shape index (κ3) is 4.01. The quantitative estimate of drug-likeness (QED) is 0.709. The van der Waals surface area contributed by atoms with E-state index in [1.165, 1.54) is 11.3 Å². The van der Waals surface area contributed by atoms with Crippen LogP contribution in [-0.4, -0.2) is 26.1 Å². The Morgan fingerprint density at radius 3 is 3.00 bits per heavy atom. The smallest absolute Gasteiger partial charge is 0.227 e. The van der Waals surface area contributed by atoms with Gasteiger partial charge in [0.15, 0.2) is 5.13 Å². The Hall–Kier alpha value is -2.10. The first-order chi connectivity index (χ1) is 11.1. The van der Waals surface area contributed by atoms with E-state index >= 15 is 0 Å². The molecular formula is C14H14N4O3S2. The van der Waals surface area contributed by atoms with Gasteiger partial charge in [-0.1, -0.05) is 5.16 Å². The lowest BCUT2D eigenvalue weighted by Crippen LogP contribution is -2.12. The van der Waals surface area contributed by atoms with Crippen molar-refractivity contribution in [2.75, 3.05) is 5.32 Å². The molecule has 2 N–H and O–H groups in total. The van der Waals surface area contributed by atoms with Gasteiger partial charge in [-0.25, -0.2) is 4.98 Å². The predicted molar refractivity (Wildman–Crippen MR) is 87.3 cm³/mol. The van der Waals surface area contributed by atoms with Gasteiger partial charge >= 0.3 is 0 Å². The largest absolute Gasteiger partial charge is 0.387 e. The van der Waals surface area contributed by atoms with Crippen molar-refractivity contribution in [3.8, 4) is 11.4 Å². The van der Waals surface area contributed by atoms with Crippen molar-refractivity contribution < 1.29 is 14.4 Å². The van der Waals surface area contributed by atoms with E-state index in [1.807, 2.05) is 16.8 Å². The number of nitrogens with one attached hydrogen (secondary N) is 1. The van der Waals surface area contributed by atoms with E-state index in [-0.39, 0.29) is 12.3 Å². The number of rotatable bonds is 6. The molecule has 120 valence electrons. The highest BCUT2D eigenvalue weighted by Crippen LogP contribution is 2.21. The molecule has 0 spiro atoms. The van der Waals surface area contributed by atoms with Gasteiger partial charge < -0.3 is 14.9 Å². The average Bonchev–Trinajstić information content (AvgIpc) is 3.25. The first kappa shape index (κ1) is 15.8. The molecule has 0 aliphatic carbocycles. The molecule has 0 fully saturated rings.